The first-order valence-electron chi connectivity index (χ1n) is 10.7. The van der Waals surface area contributed by atoms with E-state index in [0.717, 1.165) is 29.9 Å². The number of ether oxygens (including phenoxy) is 2. The van der Waals surface area contributed by atoms with E-state index in [0.29, 0.717) is 37.6 Å². The third-order valence-electron chi connectivity index (χ3n) is 5.62. The number of allylic oxidation sites excluding steroid dienone is 1. The molecule has 0 aliphatic carbocycles. The molecule has 2 amide bonds. The maximum Gasteiger partial charge on any atom is 0.293 e. The maximum absolute atomic E-state index is 13.0. The molecule has 31 heavy (non-hydrogen) atoms. The smallest absolute Gasteiger partial charge is 0.293 e. The van der Waals surface area contributed by atoms with Gasteiger partial charge in [-0.2, -0.15) is 5.10 Å². The van der Waals surface area contributed by atoms with Gasteiger partial charge in [-0.05, 0) is 70.4 Å². The van der Waals surface area contributed by atoms with Gasteiger partial charge in [-0.3, -0.25) is 9.59 Å². The summed E-state index contributed by atoms with van der Waals surface area (Å²) in [5.74, 6) is 0.208. The summed E-state index contributed by atoms with van der Waals surface area (Å²) >= 11 is 0. The molecular weight excluding hydrogens is 396 g/mol. The van der Waals surface area contributed by atoms with Crippen LogP contribution in [0.3, 0.4) is 0 Å². The van der Waals surface area contributed by atoms with Crippen molar-refractivity contribution in [3.63, 3.8) is 0 Å². The summed E-state index contributed by atoms with van der Waals surface area (Å²) in [5, 5.41) is 7.44. The Kier molecular flexibility index (Phi) is 5.97. The van der Waals surface area contributed by atoms with Crippen LogP contribution in [0.1, 0.15) is 37.6 Å². The lowest BCUT2D eigenvalue weighted by Gasteiger charge is -2.35. The standard InChI is InChI=1S/C23H28N4O4/c1-15-14-16(2)27(25-15)19-9-7-18(8-10-19)24-22(28)20-6-4-5-11-26(20)23(29)21-17(3)30-12-13-31-21/h7-10,14,20H,4-6,11-13H2,1-3H3,(H,24,28)/t20-/m0/s1. The SMILES string of the molecule is CC1=C(C(=O)N2CCCC[C@H]2C(=O)Nc2ccc(-n3nc(C)cc3C)cc2)OCCO1. The molecule has 8 heteroatoms. The Labute approximate surface area is 181 Å². The number of carbonyl (C=O) groups is 2. The number of aryl methyl sites for hydroxylation is 2. The summed E-state index contributed by atoms with van der Waals surface area (Å²) < 4.78 is 12.9. The summed E-state index contributed by atoms with van der Waals surface area (Å²) in [6.07, 6.45) is 2.38. The third-order valence-corrected chi connectivity index (χ3v) is 5.62. The number of rotatable bonds is 4. The van der Waals surface area contributed by atoms with Gasteiger partial charge in [0.15, 0.2) is 0 Å². The van der Waals surface area contributed by atoms with Gasteiger partial charge in [0, 0.05) is 17.9 Å². The second kappa shape index (κ2) is 8.83. The second-order valence-corrected chi connectivity index (χ2v) is 7.97. The molecule has 0 spiro atoms. The molecule has 0 unspecified atom stereocenters. The summed E-state index contributed by atoms with van der Waals surface area (Å²) in [6.45, 7) is 6.97. The first-order chi connectivity index (χ1) is 14.9. The molecule has 1 fully saturated rings. The summed E-state index contributed by atoms with van der Waals surface area (Å²) in [4.78, 5) is 27.7. The van der Waals surface area contributed by atoms with Crippen LogP contribution in [-0.4, -0.2) is 52.3 Å². The number of carbonyl (C=O) groups excluding carboxylic acids is 2. The Hall–Kier alpha value is -3.29. The number of nitrogens with zero attached hydrogens (tertiary/aromatic N) is 3. The first kappa shape index (κ1) is 21.0. The van der Waals surface area contributed by atoms with Gasteiger partial charge in [0.1, 0.15) is 25.0 Å². The Morgan fingerprint density at radius 2 is 1.81 bits per heavy atom. The normalized spacial score (nSPS) is 18.9. The predicted molar refractivity (Wildman–Crippen MR) is 116 cm³/mol. The van der Waals surface area contributed by atoms with E-state index in [-0.39, 0.29) is 17.6 Å². The Morgan fingerprint density at radius 1 is 1.06 bits per heavy atom. The average Bonchev–Trinajstić information content (AvgIpc) is 3.12. The highest BCUT2D eigenvalue weighted by molar-refractivity contribution is 6.00. The molecule has 164 valence electrons. The fourth-order valence-corrected chi connectivity index (χ4v) is 4.10. The maximum atomic E-state index is 13.0. The van der Waals surface area contributed by atoms with Crippen LogP contribution >= 0.6 is 0 Å². The first-order valence-corrected chi connectivity index (χ1v) is 10.7. The molecule has 1 N–H and O–H groups in total. The van der Waals surface area contributed by atoms with Gasteiger partial charge >= 0.3 is 0 Å². The molecule has 2 aromatic rings. The number of nitrogens with one attached hydrogen (secondary N) is 1. The highest BCUT2D eigenvalue weighted by atomic mass is 16.6. The van der Waals surface area contributed by atoms with Crippen molar-refractivity contribution in [2.24, 2.45) is 0 Å². The van der Waals surface area contributed by atoms with Crippen molar-refractivity contribution in [3.05, 3.63) is 53.2 Å². The van der Waals surface area contributed by atoms with Gasteiger partial charge in [-0.1, -0.05) is 0 Å². The van der Waals surface area contributed by atoms with E-state index in [2.05, 4.69) is 10.4 Å². The molecule has 0 bridgehead atoms. The van der Waals surface area contributed by atoms with Gasteiger partial charge in [0.25, 0.3) is 5.91 Å². The lowest BCUT2D eigenvalue weighted by molar-refractivity contribution is -0.141. The number of anilines is 1. The van der Waals surface area contributed by atoms with Gasteiger partial charge in [-0.15, -0.1) is 0 Å². The van der Waals surface area contributed by atoms with Crippen LogP contribution in [0.4, 0.5) is 5.69 Å². The highest BCUT2D eigenvalue weighted by Gasteiger charge is 2.36. The van der Waals surface area contributed by atoms with Gasteiger partial charge in [-0.25, -0.2) is 4.68 Å². The van der Waals surface area contributed by atoms with Crippen LogP contribution in [0.2, 0.25) is 0 Å². The molecule has 0 radical (unpaired) electrons. The lowest BCUT2D eigenvalue weighted by Crippen LogP contribution is -2.51. The van der Waals surface area contributed by atoms with E-state index in [1.165, 1.54) is 0 Å². The number of hydrogen-bond acceptors (Lipinski definition) is 5. The topological polar surface area (TPSA) is 85.7 Å². The minimum atomic E-state index is -0.539. The molecule has 1 saturated heterocycles. The minimum Gasteiger partial charge on any atom is -0.491 e. The monoisotopic (exact) mass is 424 g/mol. The average molecular weight is 425 g/mol. The lowest BCUT2D eigenvalue weighted by atomic mass is 10.0. The largest absolute Gasteiger partial charge is 0.491 e. The Morgan fingerprint density at radius 3 is 2.48 bits per heavy atom. The van der Waals surface area contributed by atoms with E-state index in [9.17, 15) is 9.59 Å². The fraction of sp³-hybridized carbons (Fsp3) is 0.435. The molecule has 2 aliphatic rings. The summed E-state index contributed by atoms with van der Waals surface area (Å²) in [7, 11) is 0. The molecule has 3 heterocycles. The van der Waals surface area contributed by atoms with Crippen LogP contribution in [0.25, 0.3) is 5.69 Å². The van der Waals surface area contributed by atoms with Crippen molar-refractivity contribution >= 4 is 17.5 Å². The molecule has 8 nitrogen and oxygen atoms in total. The zero-order valence-corrected chi connectivity index (χ0v) is 18.2. The number of piperidine rings is 1. The Balaban J connectivity index is 1.47. The van der Waals surface area contributed by atoms with Crippen LogP contribution in [0.15, 0.2) is 41.9 Å². The quantitative estimate of drug-likeness (QED) is 0.815. The van der Waals surface area contributed by atoms with Crippen molar-refractivity contribution in [2.45, 2.75) is 46.1 Å². The number of aromatic nitrogens is 2. The zero-order chi connectivity index (χ0) is 22.0. The molecule has 1 atom stereocenters. The molecule has 2 aliphatic heterocycles. The Bertz CT molecular complexity index is 1010. The van der Waals surface area contributed by atoms with Crippen LogP contribution in [-0.2, 0) is 19.1 Å². The predicted octanol–water partition coefficient (Wildman–Crippen LogP) is 3.09. The number of hydrogen-bond donors (Lipinski definition) is 1. The highest BCUT2D eigenvalue weighted by Crippen LogP contribution is 2.24. The van der Waals surface area contributed by atoms with Crippen LogP contribution in [0.5, 0.6) is 0 Å². The number of benzene rings is 1. The molecule has 0 saturated carbocycles. The van der Waals surface area contributed by atoms with E-state index in [1.807, 2.05) is 48.9 Å². The molecule has 1 aromatic carbocycles. The summed E-state index contributed by atoms with van der Waals surface area (Å²) in [5.41, 5.74) is 3.61. The van der Waals surface area contributed by atoms with Crippen molar-refractivity contribution in [3.8, 4) is 5.69 Å². The fourth-order valence-electron chi connectivity index (χ4n) is 4.10. The molecular formula is C23H28N4O4. The van der Waals surface area contributed by atoms with Crippen molar-refractivity contribution in [1.29, 1.82) is 0 Å². The van der Waals surface area contributed by atoms with Crippen LogP contribution < -0.4 is 5.32 Å². The number of likely N-dealkylation sites (tertiary alicyclic amines) is 1. The van der Waals surface area contributed by atoms with E-state index < -0.39 is 6.04 Å². The van der Waals surface area contributed by atoms with E-state index in [1.54, 1.807) is 11.8 Å². The molecule has 4 rings (SSSR count). The zero-order valence-electron chi connectivity index (χ0n) is 18.2. The van der Waals surface area contributed by atoms with Crippen molar-refractivity contribution in [2.75, 3.05) is 25.1 Å². The van der Waals surface area contributed by atoms with E-state index in [4.69, 9.17) is 9.47 Å². The van der Waals surface area contributed by atoms with Crippen molar-refractivity contribution < 1.29 is 19.1 Å². The second-order valence-electron chi connectivity index (χ2n) is 7.97. The van der Waals surface area contributed by atoms with Crippen LogP contribution in [0, 0.1) is 13.8 Å². The third kappa shape index (κ3) is 4.42. The van der Waals surface area contributed by atoms with Gasteiger partial charge in [0.05, 0.1) is 11.4 Å². The molecule has 1 aromatic heterocycles. The van der Waals surface area contributed by atoms with Gasteiger partial charge in [0.2, 0.25) is 11.7 Å². The van der Waals surface area contributed by atoms with Gasteiger partial charge < -0.3 is 19.7 Å². The van der Waals surface area contributed by atoms with Crippen molar-refractivity contribution in [1.82, 2.24) is 14.7 Å². The number of amides is 2. The van der Waals surface area contributed by atoms with E-state index >= 15 is 0 Å². The summed E-state index contributed by atoms with van der Waals surface area (Å²) in [6, 6.07) is 9.01. The minimum absolute atomic E-state index is 0.193.